The fraction of sp³-hybridized carbons (Fsp3) is 0.758. The molecule has 7 heteroatoms. The first-order valence-electron chi connectivity index (χ1n) is 15.8. The van der Waals surface area contributed by atoms with Gasteiger partial charge >= 0.3 is 5.97 Å². The molecule has 1 fully saturated rings. The van der Waals surface area contributed by atoms with E-state index in [1.54, 1.807) is 0 Å². The van der Waals surface area contributed by atoms with Crippen LogP contribution in [0.1, 0.15) is 92.6 Å². The zero-order valence-corrected chi connectivity index (χ0v) is 26.8. The largest absolute Gasteiger partial charge is 0.467 e. The maximum atomic E-state index is 12.8. The SMILES string of the molecule is COC(=O)[C@@H](Nc1nc2ccc(CN(CCC(C)C)CCC(C)C)cc2n1CCCN1CCCCC1)C(C)(C)C. The van der Waals surface area contributed by atoms with Gasteiger partial charge in [-0.25, -0.2) is 9.78 Å². The third-order valence-corrected chi connectivity index (χ3v) is 8.15. The molecule has 0 saturated carbocycles. The highest BCUT2D eigenvalue weighted by Gasteiger charge is 2.33. The topological polar surface area (TPSA) is 62.6 Å². The number of benzene rings is 1. The number of fused-ring (bicyclic) bond motifs is 1. The lowest BCUT2D eigenvalue weighted by Crippen LogP contribution is -2.42. The van der Waals surface area contributed by atoms with Crippen LogP contribution >= 0.6 is 0 Å². The highest BCUT2D eigenvalue weighted by atomic mass is 16.5. The van der Waals surface area contributed by atoms with Crippen molar-refractivity contribution >= 4 is 23.0 Å². The van der Waals surface area contributed by atoms with Gasteiger partial charge in [0.1, 0.15) is 6.04 Å². The minimum Gasteiger partial charge on any atom is -0.467 e. The highest BCUT2D eigenvalue weighted by Crippen LogP contribution is 2.28. The van der Waals surface area contributed by atoms with Crippen molar-refractivity contribution in [3.8, 4) is 0 Å². The number of anilines is 1. The van der Waals surface area contributed by atoms with E-state index in [2.05, 4.69) is 86.3 Å². The molecule has 2 heterocycles. The minimum atomic E-state index is -0.489. The summed E-state index contributed by atoms with van der Waals surface area (Å²) in [7, 11) is 1.46. The van der Waals surface area contributed by atoms with E-state index < -0.39 is 6.04 Å². The van der Waals surface area contributed by atoms with Gasteiger partial charge in [0.15, 0.2) is 0 Å². The molecule has 0 radical (unpaired) electrons. The number of carbonyl (C=O) groups is 1. The van der Waals surface area contributed by atoms with Crippen LogP contribution in [0, 0.1) is 17.3 Å². The number of nitrogens with one attached hydrogen (secondary N) is 1. The summed E-state index contributed by atoms with van der Waals surface area (Å²) in [5.74, 6) is 1.90. The van der Waals surface area contributed by atoms with Crippen molar-refractivity contribution < 1.29 is 9.53 Å². The van der Waals surface area contributed by atoms with Gasteiger partial charge in [-0.2, -0.15) is 0 Å². The van der Waals surface area contributed by atoms with Crippen molar-refractivity contribution in [2.75, 3.05) is 45.2 Å². The third kappa shape index (κ3) is 9.76. The molecule has 1 aliphatic rings. The number of imidazole rings is 1. The standard InChI is InChI=1S/C33H57N5O2/c1-25(2)15-21-37(22-16-26(3)4)24-27-13-14-28-29(23-27)38(20-12-19-36-17-10-9-11-18-36)32(34-28)35-30(31(39)40-8)33(5,6)7/h13-14,23,25-26,30H,9-12,15-22,24H2,1-8H3,(H,34,35)/t30-/m1/s1. The van der Waals surface area contributed by atoms with Crippen LogP contribution in [-0.4, -0.2) is 71.2 Å². The average molecular weight is 556 g/mol. The Hall–Kier alpha value is -2.12. The van der Waals surface area contributed by atoms with Crippen LogP contribution in [-0.2, 0) is 22.6 Å². The van der Waals surface area contributed by atoms with Crippen molar-refractivity contribution in [3.63, 3.8) is 0 Å². The summed E-state index contributed by atoms with van der Waals surface area (Å²) in [6.45, 7) is 23.0. The zero-order chi connectivity index (χ0) is 29.3. The number of hydrogen-bond acceptors (Lipinski definition) is 6. The third-order valence-electron chi connectivity index (χ3n) is 8.15. The molecule has 1 N–H and O–H groups in total. The Morgan fingerprint density at radius 3 is 2.25 bits per heavy atom. The van der Waals surface area contributed by atoms with Gasteiger partial charge < -0.3 is 19.5 Å². The van der Waals surface area contributed by atoms with Gasteiger partial charge in [-0.1, -0.05) is 61.0 Å². The zero-order valence-electron chi connectivity index (χ0n) is 26.8. The number of aromatic nitrogens is 2. The molecule has 0 spiro atoms. The van der Waals surface area contributed by atoms with Crippen molar-refractivity contribution in [1.29, 1.82) is 0 Å². The summed E-state index contributed by atoms with van der Waals surface area (Å²) in [6, 6.07) is 6.23. The Balaban J connectivity index is 1.90. The van der Waals surface area contributed by atoms with Gasteiger partial charge in [0, 0.05) is 13.1 Å². The monoisotopic (exact) mass is 555 g/mol. The van der Waals surface area contributed by atoms with Gasteiger partial charge in [0.2, 0.25) is 5.95 Å². The molecule has 1 aromatic heterocycles. The van der Waals surface area contributed by atoms with Gasteiger partial charge in [0.05, 0.1) is 18.1 Å². The summed E-state index contributed by atoms with van der Waals surface area (Å²) < 4.78 is 7.48. The summed E-state index contributed by atoms with van der Waals surface area (Å²) in [5, 5.41) is 3.50. The summed E-state index contributed by atoms with van der Waals surface area (Å²) in [6.07, 6.45) is 7.45. The van der Waals surface area contributed by atoms with E-state index in [-0.39, 0.29) is 11.4 Å². The summed E-state index contributed by atoms with van der Waals surface area (Å²) >= 11 is 0. The predicted octanol–water partition coefficient (Wildman–Crippen LogP) is 6.81. The lowest BCUT2D eigenvalue weighted by Gasteiger charge is -2.30. The molecule has 0 aliphatic carbocycles. The Kier molecular flexibility index (Phi) is 12.3. The van der Waals surface area contributed by atoms with Gasteiger partial charge in [-0.05, 0) is 99.8 Å². The van der Waals surface area contributed by atoms with Crippen molar-refractivity contribution in [2.45, 2.75) is 106 Å². The molecule has 226 valence electrons. The number of carbonyl (C=O) groups excluding carboxylic acids is 1. The number of piperidine rings is 1. The fourth-order valence-corrected chi connectivity index (χ4v) is 5.52. The summed E-state index contributed by atoms with van der Waals surface area (Å²) in [5.41, 5.74) is 3.12. The van der Waals surface area contributed by atoms with Crippen LogP contribution in [0.4, 0.5) is 5.95 Å². The summed E-state index contributed by atoms with van der Waals surface area (Å²) in [4.78, 5) is 23.0. The normalized spacial score (nSPS) is 15.9. The first-order chi connectivity index (χ1) is 19.0. The maximum absolute atomic E-state index is 12.8. The smallest absolute Gasteiger partial charge is 0.328 e. The Morgan fingerprint density at radius 1 is 1.02 bits per heavy atom. The number of rotatable bonds is 15. The molecule has 1 atom stereocenters. The van der Waals surface area contributed by atoms with Crippen LogP contribution in [0.2, 0.25) is 0 Å². The van der Waals surface area contributed by atoms with E-state index >= 15 is 0 Å². The van der Waals surface area contributed by atoms with E-state index in [1.165, 1.54) is 57.9 Å². The number of esters is 1. The number of methoxy groups -OCH3 is 1. The molecule has 7 nitrogen and oxygen atoms in total. The van der Waals surface area contributed by atoms with E-state index in [0.29, 0.717) is 11.8 Å². The number of ether oxygens (including phenoxy) is 1. The van der Waals surface area contributed by atoms with Crippen LogP contribution in [0.25, 0.3) is 11.0 Å². The second-order valence-electron chi connectivity index (χ2n) is 13.8. The second kappa shape index (κ2) is 15.2. The van der Waals surface area contributed by atoms with E-state index in [1.807, 2.05) is 0 Å². The fourth-order valence-electron chi connectivity index (χ4n) is 5.52. The number of aryl methyl sites for hydroxylation is 1. The quantitative estimate of drug-likeness (QED) is 0.244. The van der Waals surface area contributed by atoms with Gasteiger partial charge in [-0.3, -0.25) is 4.90 Å². The minimum absolute atomic E-state index is 0.258. The van der Waals surface area contributed by atoms with E-state index in [9.17, 15) is 4.79 Å². The lowest BCUT2D eigenvalue weighted by atomic mass is 9.87. The van der Waals surface area contributed by atoms with Crippen molar-refractivity contribution in [3.05, 3.63) is 23.8 Å². The van der Waals surface area contributed by atoms with E-state index in [4.69, 9.17) is 9.72 Å². The van der Waals surface area contributed by atoms with Crippen LogP contribution < -0.4 is 5.32 Å². The molecule has 3 rings (SSSR count). The molecular weight excluding hydrogens is 498 g/mol. The number of hydrogen-bond donors (Lipinski definition) is 1. The lowest BCUT2D eigenvalue weighted by molar-refractivity contribution is -0.143. The van der Waals surface area contributed by atoms with Gasteiger partial charge in [0.25, 0.3) is 0 Å². The van der Waals surface area contributed by atoms with E-state index in [0.717, 1.165) is 56.1 Å². The molecule has 1 aliphatic heterocycles. The average Bonchev–Trinajstić information content (AvgIpc) is 3.24. The number of nitrogens with zero attached hydrogens (tertiary/aromatic N) is 4. The maximum Gasteiger partial charge on any atom is 0.328 e. The first-order valence-corrected chi connectivity index (χ1v) is 15.8. The first kappa shape index (κ1) is 32.4. The Morgan fingerprint density at radius 2 is 1.68 bits per heavy atom. The van der Waals surface area contributed by atoms with Gasteiger partial charge in [-0.15, -0.1) is 0 Å². The number of likely N-dealkylation sites (tertiary alicyclic amines) is 1. The highest BCUT2D eigenvalue weighted by molar-refractivity contribution is 5.83. The Labute approximate surface area is 244 Å². The van der Waals surface area contributed by atoms with Crippen LogP contribution in [0.15, 0.2) is 18.2 Å². The van der Waals surface area contributed by atoms with Crippen LogP contribution in [0.5, 0.6) is 0 Å². The van der Waals surface area contributed by atoms with Crippen LogP contribution in [0.3, 0.4) is 0 Å². The van der Waals surface area contributed by atoms with Crippen molar-refractivity contribution in [1.82, 2.24) is 19.4 Å². The molecule has 0 amide bonds. The predicted molar refractivity (Wildman–Crippen MR) is 168 cm³/mol. The molecule has 2 aromatic rings. The molecule has 40 heavy (non-hydrogen) atoms. The molecule has 0 bridgehead atoms. The van der Waals surface area contributed by atoms with Crippen molar-refractivity contribution in [2.24, 2.45) is 17.3 Å². The molecular formula is C33H57N5O2. The molecule has 0 unspecified atom stereocenters. The Bertz CT molecular complexity index is 1040. The second-order valence-corrected chi connectivity index (χ2v) is 13.8. The molecule has 1 saturated heterocycles. The molecule has 1 aromatic carbocycles.